The third-order valence-electron chi connectivity index (χ3n) is 1.17. The van der Waals surface area contributed by atoms with Gasteiger partial charge in [0.05, 0.1) is 12.6 Å². The van der Waals surface area contributed by atoms with Crippen LogP contribution in [0.1, 0.15) is 13.3 Å². The van der Waals surface area contributed by atoms with Crippen molar-refractivity contribution in [2.24, 2.45) is 9.98 Å². The van der Waals surface area contributed by atoms with Crippen molar-refractivity contribution in [2.75, 3.05) is 33.7 Å². The van der Waals surface area contributed by atoms with Crippen molar-refractivity contribution in [2.45, 2.75) is 13.3 Å². The highest BCUT2D eigenvalue weighted by Crippen LogP contribution is 1.82. The summed E-state index contributed by atoms with van der Waals surface area (Å²) < 4.78 is 0. The van der Waals surface area contributed by atoms with Gasteiger partial charge >= 0.3 is 0 Å². The molecule has 0 aromatic carbocycles. The van der Waals surface area contributed by atoms with E-state index in [-0.39, 0.29) is 12.4 Å². The van der Waals surface area contributed by atoms with Crippen LogP contribution in [0.3, 0.4) is 0 Å². The summed E-state index contributed by atoms with van der Waals surface area (Å²) in [6.07, 6.45) is 1.08. The molecule has 0 spiro atoms. The molecule has 0 N–H and O–H groups in total. The highest BCUT2D eigenvalue weighted by Gasteiger charge is 1.86. The Morgan fingerprint density at radius 3 is 2.42 bits per heavy atom. The van der Waals surface area contributed by atoms with Gasteiger partial charge in [0.1, 0.15) is 0 Å². The fourth-order valence-electron chi connectivity index (χ4n) is 0.637. The second-order valence-corrected chi connectivity index (χ2v) is 2.61. The molecule has 0 amide bonds. The lowest BCUT2D eigenvalue weighted by molar-refractivity contribution is -0.00000261. The standard InChI is InChI=1S/C8H17N3.ClH/c1-4-9-8-10-6-5-7-11(2)3;/h4-7H2,1-3H3;1H/p-1. The summed E-state index contributed by atoms with van der Waals surface area (Å²) in [4.78, 5) is 9.99. The van der Waals surface area contributed by atoms with E-state index in [0.29, 0.717) is 0 Å². The minimum Gasteiger partial charge on any atom is -1.00 e. The number of halogens is 1. The molecule has 0 atom stereocenters. The molecule has 0 aliphatic heterocycles. The number of nitrogens with zero attached hydrogens (tertiary/aromatic N) is 3. The zero-order valence-electron chi connectivity index (χ0n) is 8.05. The lowest BCUT2D eigenvalue weighted by Crippen LogP contribution is -3.00. The van der Waals surface area contributed by atoms with Crippen molar-refractivity contribution in [3.63, 3.8) is 0 Å². The quantitative estimate of drug-likeness (QED) is 0.369. The van der Waals surface area contributed by atoms with Crippen molar-refractivity contribution in [3.8, 4) is 0 Å². The van der Waals surface area contributed by atoms with Crippen LogP contribution in [0.2, 0.25) is 0 Å². The third-order valence-corrected chi connectivity index (χ3v) is 1.17. The Kier molecular flexibility index (Phi) is 12.6. The van der Waals surface area contributed by atoms with E-state index >= 15 is 0 Å². The van der Waals surface area contributed by atoms with Crippen LogP contribution in [-0.2, 0) is 0 Å². The van der Waals surface area contributed by atoms with Gasteiger partial charge in [0.25, 0.3) is 0 Å². The average Bonchev–Trinajstić information content (AvgIpc) is 1.96. The minimum absolute atomic E-state index is 0. The van der Waals surface area contributed by atoms with Crippen molar-refractivity contribution in [1.29, 1.82) is 0 Å². The van der Waals surface area contributed by atoms with Crippen LogP contribution in [0.25, 0.3) is 0 Å². The number of aliphatic imine (C=N–C) groups is 2. The molecule has 3 nitrogen and oxygen atoms in total. The van der Waals surface area contributed by atoms with Gasteiger partial charge in [0.2, 0.25) is 0 Å². The fourth-order valence-corrected chi connectivity index (χ4v) is 0.637. The molecule has 72 valence electrons. The molecule has 0 saturated carbocycles. The van der Waals surface area contributed by atoms with Crippen LogP contribution in [0.4, 0.5) is 0 Å². The Balaban J connectivity index is 0. The third kappa shape index (κ3) is 12.3. The smallest absolute Gasteiger partial charge is 0.0892 e. The monoisotopic (exact) mass is 190 g/mol. The van der Waals surface area contributed by atoms with Gasteiger partial charge in [-0.05, 0) is 34.0 Å². The van der Waals surface area contributed by atoms with Gasteiger partial charge in [-0.2, -0.15) is 0 Å². The van der Waals surface area contributed by atoms with Crippen molar-refractivity contribution in [1.82, 2.24) is 4.90 Å². The van der Waals surface area contributed by atoms with Crippen LogP contribution in [-0.4, -0.2) is 44.6 Å². The lowest BCUT2D eigenvalue weighted by Gasteiger charge is -2.05. The molecular formula is C8H17ClN3-. The summed E-state index contributed by atoms with van der Waals surface area (Å²) in [6, 6.07) is 2.64. The van der Waals surface area contributed by atoms with E-state index in [2.05, 4.69) is 35.0 Å². The van der Waals surface area contributed by atoms with Crippen molar-refractivity contribution < 1.29 is 12.4 Å². The molecule has 0 aromatic heterocycles. The SMILES string of the molecule is CCN=C=NCCCN(C)C.[Cl-]. The number of hydrogen-bond acceptors (Lipinski definition) is 3. The van der Waals surface area contributed by atoms with E-state index in [0.717, 1.165) is 26.1 Å². The van der Waals surface area contributed by atoms with Gasteiger partial charge in [0, 0.05) is 6.54 Å². The van der Waals surface area contributed by atoms with Gasteiger partial charge in [-0.3, -0.25) is 0 Å². The van der Waals surface area contributed by atoms with E-state index in [1.165, 1.54) is 0 Å². The molecule has 0 unspecified atom stereocenters. The number of hydrogen-bond donors (Lipinski definition) is 0. The van der Waals surface area contributed by atoms with Crippen molar-refractivity contribution in [3.05, 3.63) is 0 Å². The van der Waals surface area contributed by atoms with E-state index in [9.17, 15) is 0 Å². The van der Waals surface area contributed by atoms with Crippen LogP contribution in [0.15, 0.2) is 9.98 Å². The molecule has 0 aromatic rings. The Hall–Kier alpha value is -0.370. The normalized spacial score (nSPS) is 8.67. The topological polar surface area (TPSA) is 28.0 Å². The summed E-state index contributed by atoms with van der Waals surface area (Å²) in [6.45, 7) is 4.67. The molecule has 0 radical (unpaired) electrons. The van der Waals surface area contributed by atoms with E-state index in [1.807, 2.05) is 6.92 Å². The summed E-state index contributed by atoms with van der Waals surface area (Å²) >= 11 is 0. The summed E-state index contributed by atoms with van der Waals surface area (Å²) in [7, 11) is 4.12. The maximum atomic E-state index is 3.99. The van der Waals surface area contributed by atoms with Crippen molar-refractivity contribution >= 4 is 6.01 Å². The largest absolute Gasteiger partial charge is 1.00 e. The molecule has 0 aliphatic carbocycles. The van der Waals surface area contributed by atoms with E-state index < -0.39 is 0 Å². The Morgan fingerprint density at radius 1 is 1.25 bits per heavy atom. The summed E-state index contributed by atoms with van der Waals surface area (Å²) in [5, 5.41) is 0. The van der Waals surface area contributed by atoms with Gasteiger partial charge in [0.15, 0.2) is 0 Å². The Morgan fingerprint density at radius 2 is 1.92 bits per heavy atom. The molecule has 0 heterocycles. The highest BCUT2D eigenvalue weighted by molar-refractivity contribution is 5.40. The van der Waals surface area contributed by atoms with Gasteiger partial charge in [-0.1, -0.05) is 0 Å². The van der Waals surface area contributed by atoms with Crippen LogP contribution >= 0.6 is 0 Å². The first kappa shape index (κ1) is 14.2. The maximum absolute atomic E-state index is 3.99. The summed E-state index contributed by atoms with van der Waals surface area (Å²) in [5.41, 5.74) is 0. The molecule has 0 saturated heterocycles. The number of rotatable bonds is 5. The first-order valence-electron chi connectivity index (χ1n) is 4.00. The second kappa shape index (κ2) is 10.6. The van der Waals surface area contributed by atoms with E-state index in [1.54, 1.807) is 0 Å². The zero-order valence-corrected chi connectivity index (χ0v) is 8.80. The van der Waals surface area contributed by atoms with Crippen LogP contribution < -0.4 is 12.4 Å². The van der Waals surface area contributed by atoms with E-state index in [4.69, 9.17) is 0 Å². The Bertz CT molecular complexity index is 139. The molecule has 0 aliphatic rings. The van der Waals surface area contributed by atoms with Gasteiger partial charge in [-0.25, -0.2) is 9.98 Å². The first-order chi connectivity index (χ1) is 5.27. The Labute approximate surface area is 81.0 Å². The summed E-state index contributed by atoms with van der Waals surface area (Å²) in [5.74, 6) is 0. The fraction of sp³-hybridized carbons (Fsp3) is 0.875. The van der Waals surface area contributed by atoms with Gasteiger partial charge in [-0.15, -0.1) is 0 Å². The van der Waals surface area contributed by atoms with Crippen LogP contribution in [0.5, 0.6) is 0 Å². The maximum Gasteiger partial charge on any atom is 0.0892 e. The molecule has 0 fully saturated rings. The molecule has 0 bridgehead atoms. The van der Waals surface area contributed by atoms with Gasteiger partial charge < -0.3 is 17.3 Å². The predicted octanol–water partition coefficient (Wildman–Crippen LogP) is -1.86. The molecule has 12 heavy (non-hydrogen) atoms. The predicted molar refractivity (Wildman–Crippen MR) is 48.4 cm³/mol. The zero-order chi connectivity index (χ0) is 8.53. The molecule has 0 rings (SSSR count). The lowest BCUT2D eigenvalue weighted by atomic mass is 10.4. The van der Waals surface area contributed by atoms with Crippen LogP contribution in [0, 0.1) is 0 Å². The average molecular weight is 191 g/mol. The highest BCUT2D eigenvalue weighted by atomic mass is 35.5. The molecule has 4 heteroatoms. The molecular weight excluding hydrogens is 174 g/mol. The second-order valence-electron chi connectivity index (χ2n) is 2.61. The minimum atomic E-state index is 0. The first-order valence-corrected chi connectivity index (χ1v) is 4.00.